The molecule has 0 radical (unpaired) electrons. The van der Waals surface area contributed by atoms with Crippen LogP contribution in [-0.4, -0.2) is 37.5 Å². The van der Waals surface area contributed by atoms with Gasteiger partial charge < -0.3 is 5.32 Å². The van der Waals surface area contributed by atoms with Crippen molar-refractivity contribution in [2.45, 2.75) is 45.1 Å². The summed E-state index contributed by atoms with van der Waals surface area (Å²) in [6.45, 7) is 1.86. The van der Waals surface area contributed by atoms with E-state index in [1.807, 2.05) is 31.2 Å². The van der Waals surface area contributed by atoms with Crippen molar-refractivity contribution in [1.82, 2.24) is 4.31 Å². The third-order valence-corrected chi connectivity index (χ3v) is 5.32. The van der Waals surface area contributed by atoms with Crippen LogP contribution in [-0.2, 0) is 14.8 Å². The molecule has 1 aromatic rings. The summed E-state index contributed by atoms with van der Waals surface area (Å²) in [6, 6.07) is 7.40. The molecule has 0 aromatic heterocycles. The summed E-state index contributed by atoms with van der Waals surface area (Å²) in [7, 11) is -3.39. The Morgan fingerprint density at radius 3 is 2.32 bits per heavy atom. The van der Waals surface area contributed by atoms with Crippen molar-refractivity contribution >= 4 is 21.6 Å². The normalized spacial score (nSPS) is 16.7. The van der Waals surface area contributed by atoms with Crippen molar-refractivity contribution in [2.24, 2.45) is 0 Å². The molecule has 5 nitrogen and oxygen atoms in total. The number of aryl methyl sites for hydroxylation is 1. The number of carbonyl (C=O) groups is 1. The Kier molecular flexibility index (Phi) is 5.58. The third kappa shape index (κ3) is 4.81. The highest BCUT2D eigenvalue weighted by molar-refractivity contribution is 7.88. The van der Waals surface area contributed by atoms with Crippen LogP contribution in [0, 0.1) is 6.92 Å². The second-order valence-electron chi connectivity index (χ2n) is 6.01. The van der Waals surface area contributed by atoms with Gasteiger partial charge in [-0.25, -0.2) is 8.42 Å². The van der Waals surface area contributed by atoms with E-state index in [2.05, 4.69) is 5.32 Å². The van der Waals surface area contributed by atoms with Gasteiger partial charge in [0, 0.05) is 11.7 Å². The van der Waals surface area contributed by atoms with Gasteiger partial charge in [0.25, 0.3) is 0 Å². The Morgan fingerprint density at radius 2 is 1.77 bits per heavy atom. The molecule has 0 spiro atoms. The fourth-order valence-corrected chi connectivity index (χ4v) is 3.97. The van der Waals surface area contributed by atoms with Gasteiger partial charge in [0.15, 0.2) is 0 Å². The average Bonchev–Trinajstić information content (AvgIpc) is 2.47. The van der Waals surface area contributed by atoms with E-state index >= 15 is 0 Å². The molecule has 6 heteroatoms. The summed E-state index contributed by atoms with van der Waals surface area (Å²) in [5.74, 6) is -0.292. The van der Waals surface area contributed by atoms with Gasteiger partial charge in [0.2, 0.25) is 15.9 Å². The van der Waals surface area contributed by atoms with Gasteiger partial charge in [-0.15, -0.1) is 0 Å². The number of carbonyl (C=O) groups excluding carboxylic acids is 1. The number of rotatable bonds is 5. The van der Waals surface area contributed by atoms with Crippen molar-refractivity contribution in [3.8, 4) is 0 Å². The highest BCUT2D eigenvalue weighted by Gasteiger charge is 2.29. The minimum absolute atomic E-state index is 0.0486. The molecule has 0 unspecified atom stereocenters. The van der Waals surface area contributed by atoms with Gasteiger partial charge in [0.1, 0.15) is 0 Å². The van der Waals surface area contributed by atoms with E-state index in [0.717, 1.165) is 37.7 Å². The first-order valence-corrected chi connectivity index (χ1v) is 9.54. The van der Waals surface area contributed by atoms with E-state index in [-0.39, 0.29) is 18.5 Å². The molecule has 1 saturated carbocycles. The number of hydrogen-bond donors (Lipinski definition) is 1. The van der Waals surface area contributed by atoms with Crippen molar-refractivity contribution in [1.29, 1.82) is 0 Å². The number of benzene rings is 1. The van der Waals surface area contributed by atoms with Crippen molar-refractivity contribution in [3.63, 3.8) is 0 Å². The maximum Gasteiger partial charge on any atom is 0.239 e. The summed E-state index contributed by atoms with van der Waals surface area (Å²) in [6.07, 6.45) is 6.05. The summed E-state index contributed by atoms with van der Waals surface area (Å²) in [4.78, 5) is 12.2. The lowest BCUT2D eigenvalue weighted by Crippen LogP contribution is -2.45. The van der Waals surface area contributed by atoms with Gasteiger partial charge in [-0.3, -0.25) is 4.79 Å². The zero-order valence-corrected chi connectivity index (χ0v) is 14.0. The Bertz CT molecular complexity index is 605. The number of sulfonamides is 1. The Hall–Kier alpha value is -1.40. The smallest absolute Gasteiger partial charge is 0.239 e. The van der Waals surface area contributed by atoms with Crippen LogP contribution in [0.4, 0.5) is 5.69 Å². The van der Waals surface area contributed by atoms with Gasteiger partial charge in [-0.1, -0.05) is 37.0 Å². The lowest BCUT2D eigenvalue weighted by Gasteiger charge is -2.31. The molecular formula is C16H24N2O3S. The molecule has 1 fully saturated rings. The van der Waals surface area contributed by atoms with E-state index in [4.69, 9.17) is 0 Å². The number of anilines is 1. The first-order valence-electron chi connectivity index (χ1n) is 7.69. The molecule has 1 aliphatic rings. The van der Waals surface area contributed by atoms with E-state index in [9.17, 15) is 13.2 Å². The zero-order chi connectivity index (χ0) is 16.2. The third-order valence-electron chi connectivity index (χ3n) is 4.04. The molecular weight excluding hydrogens is 300 g/mol. The molecule has 0 atom stereocenters. The first-order chi connectivity index (χ1) is 10.4. The van der Waals surface area contributed by atoms with E-state index < -0.39 is 10.0 Å². The van der Waals surface area contributed by atoms with Crippen LogP contribution < -0.4 is 5.32 Å². The second kappa shape index (κ2) is 7.24. The minimum Gasteiger partial charge on any atom is -0.325 e. The van der Waals surface area contributed by atoms with Crippen molar-refractivity contribution in [2.75, 3.05) is 18.1 Å². The molecule has 122 valence electrons. The van der Waals surface area contributed by atoms with Crippen LogP contribution >= 0.6 is 0 Å². The van der Waals surface area contributed by atoms with Crippen LogP contribution in [0.5, 0.6) is 0 Å². The van der Waals surface area contributed by atoms with Crippen molar-refractivity contribution < 1.29 is 13.2 Å². The predicted octanol–water partition coefficient (Wildman–Crippen LogP) is 2.53. The van der Waals surface area contributed by atoms with Crippen LogP contribution in [0.3, 0.4) is 0 Å². The SMILES string of the molecule is Cc1ccc(NC(=O)CN(C2CCCCC2)S(C)(=O)=O)cc1. The Balaban J connectivity index is 2.03. The quantitative estimate of drug-likeness (QED) is 0.905. The maximum atomic E-state index is 12.2. The summed E-state index contributed by atoms with van der Waals surface area (Å²) in [5, 5.41) is 2.77. The van der Waals surface area contributed by atoms with Crippen LogP contribution in [0.25, 0.3) is 0 Å². The van der Waals surface area contributed by atoms with Crippen molar-refractivity contribution in [3.05, 3.63) is 29.8 Å². The molecule has 0 aliphatic heterocycles. The van der Waals surface area contributed by atoms with E-state index in [1.165, 1.54) is 10.6 Å². The summed E-state index contributed by atoms with van der Waals surface area (Å²) >= 11 is 0. The van der Waals surface area contributed by atoms with E-state index in [1.54, 1.807) is 0 Å². The number of nitrogens with one attached hydrogen (secondary N) is 1. The highest BCUT2D eigenvalue weighted by atomic mass is 32.2. The molecule has 0 heterocycles. The van der Waals surface area contributed by atoms with Gasteiger partial charge in [-0.2, -0.15) is 4.31 Å². The monoisotopic (exact) mass is 324 g/mol. The molecule has 2 rings (SSSR count). The standard InChI is InChI=1S/C16H24N2O3S/c1-13-8-10-14(11-9-13)17-16(19)12-18(22(2,20)21)15-6-4-3-5-7-15/h8-11,15H,3-7,12H2,1-2H3,(H,17,19). The molecule has 1 N–H and O–H groups in total. The lowest BCUT2D eigenvalue weighted by atomic mass is 9.95. The Morgan fingerprint density at radius 1 is 1.18 bits per heavy atom. The highest BCUT2D eigenvalue weighted by Crippen LogP contribution is 2.24. The molecule has 0 saturated heterocycles. The first kappa shape index (κ1) is 17.0. The lowest BCUT2D eigenvalue weighted by molar-refractivity contribution is -0.116. The van der Waals surface area contributed by atoms with Gasteiger partial charge >= 0.3 is 0 Å². The predicted molar refractivity (Wildman–Crippen MR) is 88.2 cm³/mol. The zero-order valence-electron chi connectivity index (χ0n) is 13.2. The molecule has 0 bridgehead atoms. The molecule has 1 aromatic carbocycles. The van der Waals surface area contributed by atoms with Crippen LogP contribution in [0.2, 0.25) is 0 Å². The fraction of sp³-hybridized carbons (Fsp3) is 0.562. The average molecular weight is 324 g/mol. The molecule has 1 amide bonds. The van der Waals surface area contributed by atoms with Gasteiger partial charge in [-0.05, 0) is 31.9 Å². The topological polar surface area (TPSA) is 66.5 Å². The summed E-state index contributed by atoms with van der Waals surface area (Å²) < 4.78 is 25.4. The number of nitrogens with zero attached hydrogens (tertiary/aromatic N) is 1. The second-order valence-corrected chi connectivity index (χ2v) is 7.95. The minimum atomic E-state index is -3.39. The Labute approximate surface area is 132 Å². The number of hydrogen-bond acceptors (Lipinski definition) is 3. The van der Waals surface area contributed by atoms with Crippen LogP contribution in [0.1, 0.15) is 37.7 Å². The summed E-state index contributed by atoms with van der Waals surface area (Å²) in [5.41, 5.74) is 1.80. The fourth-order valence-electron chi connectivity index (χ4n) is 2.87. The molecule has 22 heavy (non-hydrogen) atoms. The number of amides is 1. The largest absolute Gasteiger partial charge is 0.325 e. The van der Waals surface area contributed by atoms with Crippen LogP contribution in [0.15, 0.2) is 24.3 Å². The molecule has 1 aliphatic carbocycles. The van der Waals surface area contributed by atoms with E-state index in [0.29, 0.717) is 5.69 Å². The maximum absolute atomic E-state index is 12.2. The van der Waals surface area contributed by atoms with Gasteiger partial charge in [0.05, 0.1) is 12.8 Å².